The van der Waals surface area contributed by atoms with Crippen LogP contribution in [-0.2, 0) is 0 Å². The maximum absolute atomic E-state index is 12.2. The van der Waals surface area contributed by atoms with Gasteiger partial charge in [-0.2, -0.15) is 0 Å². The molecule has 0 atom stereocenters. The van der Waals surface area contributed by atoms with Gasteiger partial charge in [-0.25, -0.2) is 0 Å². The smallest absolute Gasteiger partial charge is 0.255 e. The molecule has 0 aliphatic heterocycles. The molecule has 0 saturated heterocycles. The highest BCUT2D eigenvalue weighted by molar-refractivity contribution is 6.12. The van der Waals surface area contributed by atoms with Gasteiger partial charge in [-0.1, -0.05) is 42.5 Å². The van der Waals surface area contributed by atoms with Crippen molar-refractivity contribution in [2.45, 2.75) is 0 Å². The van der Waals surface area contributed by atoms with Crippen molar-refractivity contribution in [3.8, 4) is 11.5 Å². The van der Waals surface area contributed by atoms with Gasteiger partial charge in [0.1, 0.15) is 22.9 Å². The number of phenolic OH excluding ortho intramolecular Hbond substituents is 2. The van der Waals surface area contributed by atoms with E-state index < -0.39 is 5.91 Å². The van der Waals surface area contributed by atoms with Gasteiger partial charge in [0.2, 0.25) is 0 Å². The molecule has 110 valence electrons. The summed E-state index contributed by atoms with van der Waals surface area (Å²) < 4.78 is 0. The average Bonchev–Trinajstić information content (AvgIpc) is 2.57. The minimum absolute atomic E-state index is 0.00468. The first-order valence-electron chi connectivity index (χ1n) is 6.68. The van der Waals surface area contributed by atoms with Crippen LogP contribution in [0, 0.1) is 0 Å². The van der Waals surface area contributed by atoms with Crippen LogP contribution >= 0.6 is 0 Å². The molecule has 3 rings (SSSR count). The second kappa shape index (κ2) is 5.29. The first kappa shape index (κ1) is 13.8. The minimum Gasteiger partial charge on any atom is -0.505 e. The van der Waals surface area contributed by atoms with Gasteiger partial charge in [0.25, 0.3) is 5.91 Å². The Labute approximate surface area is 126 Å². The number of hydrogen-bond donors (Lipinski definition) is 4. The fourth-order valence-corrected chi connectivity index (χ4v) is 2.32. The number of carbonyl (C=O) groups excluding carboxylic acids is 1. The Bertz CT molecular complexity index is 861. The molecule has 0 radical (unpaired) electrons. The molecular weight excluding hydrogens is 280 g/mol. The number of hydrogen-bond acceptors (Lipinski definition) is 4. The third-order valence-electron chi connectivity index (χ3n) is 3.47. The zero-order valence-electron chi connectivity index (χ0n) is 11.6. The van der Waals surface area contributed by atoms with E-state index in [2.05, 4.69) is 5.32 Å². The predicted molar refractivity (Wildman–Crippen MR) is 86.1 cm³/mol. The van der Waals surface area contributed by atoms with E-state index in [0.29, 0.717) is 16.3 Å². The Morgan fingerprint density at radius 2 is 1.41 bits per heavy atom. The van der Waals surface area contributed by atoms with E-state index in [1.54, 1.807) is 54.6 Å². The van der Waals surface area contributed by atoms with Crippen molar-refractivity contribution in [2.75, 3.05) is 11.1 Å². The molecular formula is C17H14N2O3. The zero-order valence-corrected chi connectivity index (χ0v) is 11.6. The van der Waals surface area contributed by atoms with Crippen molar-refractivity contribution in [1.29, 1.82) is 0 Å². The molecule has 22 heavy (non-hydrogen) atoms. The number of fused-ring (bicyclic) bond motifs is 1. The standard InChI is InChI=1S/C17H14N2O3/c18-13-14(19-17(22)10-6-2-1-3-7-10)16(21)12-9-5-4-8-11(12)15(13)20/h1-9,20-21H,18H2,(H,19,22). The number of phenols is 2. The van der Waals surface area contributed by atoms with Gasteiger partial charge in [0.15, 0.2) is 0 Å². The summed E-state index contributed by atoms with van der Waals surface area (Å²) >= 11 is 0. The van der Waals surface area contributed by atoms with E-state index in [4.69, 9.17) is 5.73 Å². The highest BCUT2D eigenvalue weighted by Gasteiger charge is 2.18. The molecule has 5 heteroatoms. The number of nitrogen functional groups attached to an aromatic ring is 1. The fourth-order valence-electron chi connectivity index (χ4n) is 2.32. The highest BCUT2D eigenvalue weighted by Crippen LogP contribution is 2.44. The van der Waals surface area contributed by atoms with Crippen molar-refractivity contribution in [2.24, 2.45) is 0 Å². The lowest BCUT2D eigenvalue weighted by Crippen LogP contribution is -2.13. The number of aromatic hydroxyl groups is 2. The van der Waals surface area contributed by atoms with Crippen molar-refractivity contribution >= 4 is 28.1 Å². The summed E-state index contributed by atoms with van der Waals surface area (Å²) in [6.07, 6.45) is 0. The second-order valence-electron chi connectivity index (χ2n) is 4.85. The normalized spacial score (nSPS) is 10.5. The number of nitrogens with one attached hydrogen (secondary N) is 1. The molecule has 0 aliphatic rings. The Kier molecular flexibility index (Phi) is 3.31. The number of rotatable bonds is 2. The Hall–Kier alpha value is -3.21. The van der Waals surface area contributed by atoms with Crippen LogP contribution in [-0.4, -0.2) is 16.1 Å². The average molecular weight is 294 g/mol. The largest absolute Gasteiger partial charge is 0.505 e. The summed E-state index contributed by atoms with van der Waals surface area (Å²) in [5.74, 6) is -0.760. The van der Waals surface area contributed by atoms with E-state index in [-0.39, 0.29) is 22.9 Å². The maximum atomic E-state index is 12.2. The third-order valence-corrected chi connectivity index (χ3v) is 3.47. The lowest BCUT2D eigenvalue weighted by atomic mass is 10.0. The van der Waals surface area contributed by atoms with Crippen LogP contribution in [0.25, 0.3) is 10.8 Å². The van der Waals surface area contributed by atoms with E-state index in [9.17, 15) is 15.0 Å². The van der Waals surface area contributed by atoms with E-state index in [1.807, 2.05) is 0 Å². The molecule has 5 N–H and O–H groups in total. The summed E-state index contributed by atoms with van der Waals surface area (Å²) in [6, 6.07) is 15.3. The van der Waals surface area contributed by atoms with Gasteiger partial charge >= 0.3 is 0 Å². The van der Waals surface area contributed by atoms with Crippen LogP contribution in [0.2, 0.25) is 0 Å². The SMILES string of the molecule is Nc1c(NC(=O)c2ccccc2)c(O)c2ccccc2c1O. The highest BCUT2D eigenvalue weighted by atomic mass is 16.3. The van der Waals surface area contributed by atoms with Crippen molar-refractivity contribution in [3.63, 3.8) is 0 Å². The lowest BCUT2D eigenvalue weighted by Gasteiger charge is -2.14. The first-order valence-corrected chi connectivity index (χ1v) is 6.68. The number of amides is 1. The fraction of sp³-hybridized carbons (Fsp3) is 0. The van der Waals surface area contributed by atoms with Gasteiger partial charge in [0.05, 0.1) is 0 Å². The summed E-state index contributed by atoms with van der Waals surface area (Å²) in [5, 5.41) is 23.9. The number of carbonyl (C=O) groups is 1. The topological polar surface area (TPSA) is 95.6 Å². The molecule has 0 unspecified atom stereocenters. The summed E-state index contributed by atoms with van der Waals surface area (Å²) in [4.78, 5) is 12.2. The monoisotopic (exact) mass is 294 g/mol. The van der Waals surface area contributed by atoms with Crippen molar-refractivity contribution in [1.82, 2.24) is 0 Å². The van der Waals surface area contributed by atoms with Crippen LogP contribution in [0.15, 0.2) is 54.6 Å². The molecule has 0 heterocycles. The van der Waals surface area contributed by atoms with Gasteiger partial charge in [-0.3, -0.25) is 4.79 Å². The molecule has 3 aromatic carbocycles. The Morgan fingerprint density at radius 1 is 0.864 bits per heavy atom. The molecule has 0 aromatic heterocycles. The molecule has 0 bridgehead atoms. The van der Waals surface area contributed by atoms with Crippen LogP contribution in [0.1, 0.15) is 10.4 Å². The molecule has 0 fully saturated rings. The Balaban J connectivity index is 2.10. The molecule has 3 aromatic rings. The van der Waals surface area contributed by atoms with E-state index in [0.717, 1.165) is 0 Å². The van der Waals surface area contributed by atoms with E-state index >= 15 is 0 Å². The quantitative estimate of drug-likeness (QED) is 0.332. The molecule has 0 aliphatic carbocycles. The Morgan fingerprint density at radius 3 is 2.05 bits per heavy atom. The summed E-state index contributed by atoms with van der Waals surface area (Å²) in [6.45, 7) is 0. The van der Waals surface area contributed by atoms with Crippen LogP contribution in [0.4, 0.5) is 11.4 Å². The van der Waals surface area contributed by atoms with Crippen LogP contribution < -0.4 is 11.1 Å². The summed E-state index contributed by atoms with van der Waals surface area (Å²) in [7, 11) is 0. The predicted octanol–water partition coefficient (Wildman–Crippen LogP) is 3.09. The van der Waals surface area contributed by atoms with E-state index in [1.165, 1.54) is 0 Å². The molecule has 0 saturated carbocycles. The number of benzene rings is 3. The lowest BCUT2D eigenvalue weighted by molar-refractivity contribution is 0.102. The zero-order chi connectivity index (χ0) is 15.7. The second-order valence-corrected chi connectivity index (χ2v) is 4.85. The van der Waals surface area contributed by atoms with Gasteiger partial charge < -0.3 is 21.3 Å². The van der Waals surface area contributed by atoms with Crippen LogP contribution in [0.5, 0.6) is 11.5 Å². The van der Waals surface area contributed by atoms with Gasteiger partial charge in [-0.05, 0) is 12.1 Å². The third kappa shape index (κ3) is 2.18. The number of anilines is 2. The van der Waals surface area contributed by atoms with Crippen LogP contribution in [0.3, 0.4) is 0 Å². The summed E-state index contributed by atoms with van der Waals surface area (Å²) in [5.41, 5.74) is 6.21. The van der Waals surface area contributed by atoms with Gasteiger partial charge in [-0.15, -0.1) is 0 Å². The number of nitrogens with two attached hydrogens (primary N) is 1. The minimum atomic E-state index is -0.419. The molecule has 0 spiro atoms. The first-order chi connectivity index (χ1) is 10.6. The maximum Gasteiger partial charge on any atom is 0.255 e. The van der Waals surface area contributed by atoms with Gasteiger partial charge in [0, 0.05) is 16.3 Å². The van der Waals surface area contributed by atoms with Crippen molar-refractivity contribution < 1.29 is 15.0 Å². The molecule has 5 nitrogen and oxygen atoms in total. The van der Waals surface area contributed by atoms with Crippen molar-refractivity contribution in [3.05, 3.63) is 60.2 Å². The molecule has 1 amide bonds.